The van der Waals surface area contributed by atoms with Crippen LogP contribution in [-0.4, -0.2) is 22.9 Å². The van der Waals surface area contributed by atoms with Gasteiger partial charge in [0.15, 0.2) is 6.23 Å². The van der Waals surface area contributed by atoms with E-state index in [4.69, 9.17) is 4.74 Å². The van der Waals surface area contributed by atoms with Crippen LogP contribution in [0.2, 0.25) is 0 Å². The van der Waals surface area contributed by atoms with Crippen LogP contribution >= 0.6 is 0 Å². The Morgan fingerprint density at radius 3 is 2.87 bits per heavy atom. The number of ether oxygens (including phenoxy) is 1. The molecule has 0 fully saturated rings. The number of H-pyrrole nitrogens is 1. The summed E-state index contributed by atoms with van der Waals surface area (Å²) in [6.45, 7) is 2.01. The van der Waals surface area contributed by atoms with Crippen molar-refractivity contribution in [3.63, 3.8) is 0 Å². The fourth-order valence-corrected chi connectivity index (χ4v) is 4.45. The van der Waals surface area contributed by atoms with Gasteiger partial charge in [-0.25, -0.2) is 0 Å². The molecular weight excluding hydrogens is 288 g/mol. The molecule has 1 aliphatic heterocycles. The minimum atomic E-state index is -0.776. The zero-order valence-electron chi connectivity index (χ0n) is 13.2. The second kappa shape index (κ2) is 4.36. The second-order valence-electron chi connectivity index (χ2n) is 6.45. The summed E-state index contributed by atoms with van der Waals surface area (Å²) in [7, 11) is 1.69. The molecule has 0 saturated heterocycles. The van der Waals surface area contributed by atoms with Crippen LogP contribution in [0, 0.1) is 0 Å². The van der Waals surface area contributed by atoms with Crippen molar-refractivity contribution in [2.24, 2.45) is 4.99 Å². The predicted molar refractivity (Wildman–Crippen MR) is 91.6 cm³/mol. The molecule has 0 amide bonds. The van der Waals surface area contributed by atoms with Crippen LogP contribution in [0.15, 0.2) is 23.2 Å². The highest BCUT2D eigenvalue weighted by atomic mass is 16.5. The number of fused-ring (bicyclic) bond motifs is 8. The fourth-order valence-electron chi connectivity index (χ4n) is 4.45. The number of aromatic amines is 1. The number of aliphatic hydroxyl groups is 1. The molecule has 116 valence electrons. The smallest absolute Gasteiger partial charge is 0.172 e. The topological polar surface area (TPSA) is 57.6 Å². The number of nitrogens with zero attached hydrogens (tertiary/aromatic N) is 1. The fraction of sp³-hybridized carbons (Fsp3) is 0.316. The van der Waals surface area contributed by atoms with Gasteiger partial charge in [0.25, 0.3) is 0 Å². The van der Waals surface area contributed by atoms with Gasteiger partial charge in [0.05, 0.1) is 18.1 Å². The van der Waals surface area contributed by atoms with Gasteiger partial charge in [-0.05, 0) is 49.4 Å². The predicted octanol–water partition coefficient (Wildman–Crippen LogP) is 3.63. The van der Waals surface area contributed by atoms with E-state index in [1.165, 1.54) is 16.7 Å². The Balaban J connectivity index is 2.07. The van der Waals surface area contributed by atoms with Crippen molar-refractivity contribution in [1.29, 1.82) is 0 Å². The molecule has 2 aliphatic rings. The van der Waals surface area contributed by atoms with Crippen LogP contribution in [0.3, 0.4) is 0 Å². The lowest BCUT2D eigenvalue weighted by Crippen LogP contribution is -2.02. The monoisotopic (exact) mass is 306 g/mol. The number of aliphatic imine (C=N–C) groups is 1. The van der Waals surface area contributed by atoms with Crippen molar-refractivity contribution in [2.75, 3.05) is 7.11 Å². The molecule has 4 heteroatoms. The summed E-state index contributed by atoms with van der Waals surface area (Å²) in [5.74, 6) is 0.839. The van der Waals surface area contributed by atoms with E-state index in [1.807, 2.05) is 19.1 Å². The van der Waals surface area contributed by atoms with Gasteiger partial charge in [-0.1, -0.05) is 6.07 Å². The number of aryl methyl sites for hydroxylation is 1. The van der Waals surface area contributed by atoms with Gasteiger partial charge in [-0.2, -0.15) is 0 Å². The molecule has 23 heavy (non-hydrogen) atoms. The van der Waals surface area contributed by atoms with Crippen molar-refractivity contribution in [2.45, 2.75) is 32.4 Å². The van der Waals surface area contributed by atoms with Crippen molar-refractivity contribution in [3.05, 3.63) is 40.5 Å². The van der Waals surface area contributed by atoms with Gasteiger partial charge in [-0.3, -0.25) is 4.99 Å². The number of hydrogen-bond acceptors (Lipinski definition) is 3. The van der Waals surface area contributed by atoms with E-state index >= 15 is 0 Å². The third kappa shape index (κ3) is 1.51. The molecule has 5 rings (SSSR count). The first-order chi connectivity index (χ1) is 11.2. The molecule has 2 N–H and O–H groups in total. The Kier molecular flexibility index (Phi) is 2.49. The number of hydrogen-bond donors (Lipinski definition) is 2. The number of benzene rings is 2. The molecule has 1 unspecified atom stereocenters. The van der Waals surface area contributed by atoms with Gasteiger partial charge in [0, 0.05) is 27.6 Å². The number of methoxy groups -OCH3 is 1. The van der Waals surface area contributed by atoms with Gasteiger partial charge in [-0.15, -0.1) is 0 Å². The van der Waals surface area contributed by atoms with E-state index in [1.54, 1.807) is 7.11 Å². The average molecular weight is 306 g/mol. The quantitative estimate of drug-likeness (QED) is 0.721. The third-order valence-electron chi connectivity index (χ3n) is 5.30. The summed E-state index contributed by atoms with van der Waals surface area (Å²) in [6.07, 6.45) is 2.54. The minimum absolute atomic E-state index is 0.776. The highest BCUT2D eigenvalue weighted by Gasteiger charge is 2.33. The lowest BCUT2D eigenvalue weighted by Gasteiger charge is -2.13. The number of aromatic nitrogens is 1. The maximum atomic E-state index is 10.6. The maximum absolute atomic E-state index is 10.6. The summed E-state index contributed by atoms with van der Waals surface area (Å²) in [5.41, 5.74) is 8.05. The first kappa shape index (κ1) is 13.1. The molecule has 1 atom stereocenters. The van der Waals surface area contributed by atoms with Crippen LogP contribution in [0.5, 0.6) is 5.75 Å². The van der Waals surface area contributed by atoms with Crippen molar-refractivity contribution >= 4 is 27.5 Å². The Morgan fingerprint density at radius 2 is 2.04 bits per heavy atom. The molecular formula is C19H18N2O2. The summed E-state index contributed by atoms with van der Waals surface area (Å²) in [6, 6.07) is 6.04. The molecule has 2 heterocycles. The lowest BCUT2D eigenvalue weighted by molar-refractivity contribution is 0.194. The third-order valence-corrected chi connectivity index (χ3v) is 5.30. The maximum Gasteiger partial charge on any atom is 0.172 e. The second-order valence-corrected chi connectivity index (χ2v) is 6.45. The van der Waals surface area contributed by atoms with E-state index in [0.29, 0.717) is 0 Å². The molecule has 0 saturated carbocycles. The summed E-state index contributed by atoms with van der Waals surface area (Å²) in [5, 5.41) is 12.7. The summed E-state index contributed by atoms with van der Waals surface area (Å²) < 4.78 is 5.60. The molecule has 2 aromatic carbocycles. The van der Waals surface area contributed by atoms with E-state index in [9.17, 15) is 5.11 Å². The average Bonchev–Trinajstić information content (AvgIpc) is 3.22. The van der Waals surface area contributed by atoms with E-state index in [-0.39, 0.29) is 0 Å². The zero-order valence-corrected chi connectivity index (χ0v) is 13.2. The first-order valence-electron chi connectivity index (χ1n) is 8.09. The van der Waals surface area contributed by atoms with Crippen LogP contribution in [-0.2, 0) is 12.8 Å². The molecule has 0 spiro atoms. The van der Waals surface area contributed by atoms with Gasteiger partial charge < -0.3 is 14.8 Å². The first-order valence-corrected chi connectivity index (χ1v) is 8.09. The van der Waals surface area contributed by atoms with Crippen molar-refractivity contribution in [3.8, 4) is 5.75 Å². The highest BCUT2D eigenvalue weighted by molar-refractivity contribution is 6.18. The molecule has 1 aromatic heterocycles. The van der Waals surface area contributed by atoms with E-state index < -0.39 is 6.23 Å². The molecule has 1 aliphatic carbocycles. The van der Waals surface area contributed by atoms with Crippen LogP contribution in [0.25, 0.3) is 21.8 Å². The highest BCUT2D eigenvalue weighted by Crippen LogP contribution is 2.46. The summed E-state index contributed by atoms with van der Waals surface area (Å²) in [4.78, 5) is 8.02. The Bertz CT molecular complexity index is 1010. The standard InChI is InChI=1S/C19H18N2O2/c1-9-14-10-5-3-6-11(10)18-16(17(14)19(22)20-9)15-12(21-18)7-4-8-13(15)23-2/h4,7-8,19,21-22H,3,5-6H2,1-2H3. The zero-order chi connectivity index (χ0) is 15.7. The largest absolute Gasteiger partial charge is 0.496 e. The molecule has 4 nitrogen and oxygen atoms in total. The minimum Gasteiger partial charge on any atom is -0.496 e. The van der Waals surface area contributed by atoms with Crippen molar-refractivity contribution in [1.82, 2.24) is 4.98 Å². The number of aliphatic hydroxyl groups excluding tert-OH is 1. The van der Waals surface area contributed by atoms with E-state index in [0.717, 1.165) is 58.1 Å². The summed E-state index contributed by atoms with van der Waals surface area (Å²) >= 11 is 0. The number of nitrogens with one attached hydrogen (secondary N) is 1. The van der Waals surface area contributed by atoms with Gasteiger partial charge in [0.2, 0.25) is 0 Å². The van der Waals surface area contributed by atoms with Gasteiger partial charge >= 0.3 is 0 Å². The van der Waals surface area contributed by atoms with Crippen LogP contribution in [0.1, 0.15) is 41.8 Å². The van der Waals surface area contributed by atoms with Crippen LogP contribution in [0.4, 0.5) is 0 Å². The van der Waals surface area contributed by atoms with Crippen molar-refractivity contribution < 1.29 is 9.84 Å². The SMILES string of the molecule is COc1cccc2[nH]c3c4c(c5c(c3c12)C(O)N=C5C)CCC4. The molecule has 3 aromatic rings. The number of rotatable bonds is 1. The normalized spacial score (nSPS) is 19.3. The van der Waals surface area contributed by atoms with E-state index in [2.05, 4.69) is 16.0 Å². The molecule has 0 radical (unpaired) electrons. The Labute approximate surface area is 133 Å². The Morgan fingerprint density at radius 1 is 1.22 bits per heavy atom. The van der Waals surface area contributed by atoms with Crippen LogP contribution < -0.4 is 4.74 Å². The molecule has 0 bridgehead atoms. The Hall–Kier alpha value is -2.33. The van der Waals surface area contributed by atoms with Gasteiger partial charge in [0.1, 0.15) is 5.75 Å². The lowest BCUT2D eigenvalue weighted by atomic mass is 9.91.